The van der Waals surface area contributed by atoms with Crippen LogP contribution in [-0.2, 0) is 10.3 Å². The fourth-order valence-electron chi connectivity index (χ4n) is 3.57. The third-order valence-corrected chi connectivity index (χ3v) is 5.62. The van der Waals surface area contributed by atoms with Gasteiger partial charge in [-0.15, -0.1) is 0 Å². The SMILES string of the molecule is CCC(N)(CC)c1ccnc(Nc2cc3cc(N4CCOC4=O)nc(N)c3cn2)c1. The average Bonchev–Trinajstić information content (AvgIpc) is 3.19. The van der Waals surface area contributed by atoms with Gasteiger partial charge in [-0.3, -0.25) is 4.90 Å². The van der Waals surface area contributed by atoms with Crippen LogP contribution in [0.4, 0.5) is 28.1 Å². The maximum Gasteiger partial charge on any atom is 0.415 e. The number of aromatic nitrogens is 3. The molecule has 5 N–H and O–H groups in total. The number of rotatable bonds is 6. The van der Waals surface area contributed by atoms with Crippen molar-refractivity contribution in [1.82, 2.24) is 15.0 Å². The number of carbonyl (C=O) groups is 1. The van der Waals surface area contributed by atoms with Gasteiger partial charge < -0.3 is 21.5 Å². The zero-order valence-electron chi connectivity index (χ0n) is 17.1. The predicted molar refractivity (Wildman–Crippen MR) is 117 cm³/mol. The minimum Gasteiger partial charge on any atom is -0.447 e. The van der Waals surface area contributed by atoms with Gasteiger partial charge in [0, 0.05) is 23.3 Å². The molecule has 9 heteroatoms. The highest BCUT2D eigenvalue weighted by Gasteiger charge is 2.26. The second kappa shape index (κ2) is 7.75. The van der Waals surface area contributed by atoms with E-state index < -0.39 is 11.6 Å². The van der Waals surface area contributed by atoms with E-state index in [1.807, 2.05) is 18.2 Å². The molecule has 1 fully saturated rings. The van der Waals surface area contributed by atoms with Gasteiger partial charge >= 0.3 is 6.09 Å². The summed E-state index contributed by atoms with van der Waals surface area (Å²) < 4.78 is 4.99. The molecule has 0 atom stereocenters. The molecule has 4 heterocycles. The summed E-state index contributed by atoms with van der Waals surface area (Å²) in [7, 11) is 0. The van der Waals surface area contributed by atoms with E-state index in [1.165, 1.54) is 4.90 Å². The number of nitrogens with one attached hydrogen (secondary N) is 1. The number of anilines is 4. The molecular weight excluding hydrogens is 382 g/mol. The van der Waals surface area contributed by atoms with E-state index in [1.54, 1.807) is 18.5 Å². The second-order valence-corrected chi connectivity index (χ2v) is 7.34. The normalized spacial score (nSPS) is 14.2. The molecular formula is C21H25N7O2. The van der Waals surface area contributed by atoms with Crippen molar-refractivity contribution in [1.29, 1.82) is 0 Å². The van der Waals surface area contributed by atoms with Gasteiger partial charge in [0.2, 0.25) is 0 Å². The van der Waals surface area contributed by atoms with Crippen LogP contribution in [0.25, 0.3) is 10.8 Å². The minimum absolute atomic E-state index is 0.306. The van der Waals surface area contributed by atoms with Crippen LogP contribution in [0.1, 0.15) is 32.3 Å². The topological polar surface area (TPSA) is 132 Å². The maximum absolute atomic E-state index is 11.9. The molecule has 1 aliphatic heterocycles. The van der Waals surface area contributed by atoms with E-state index in [9.17, 15) is 4.79 Å². The Hall–Kier alpha value is -3.46. The summed E-state index contributed by atoms with van der Waals surface area (Å²) >= 11 is 0. The van der Waals surface area contributed by atoms with Crippen molar-refractivity contribution in [3.05, 3.63) is 42.2 Å². The Kier molecular flexibility index (Phi) is 5.13. The van der Waals surface area contributed by atoms with Crippen molar-refractivity contribution < 1.29 is 9.53 Å². The molecule has 1 amide bonds. The van der Waals surface area contributed by atoms with Gasteiger partial charge in [0.15, 0.2) is 0 Å². The van der Waals surface area contributed by atoms with Crippen molar-refractivity contribution >= 4 is 40.1 Å². The summed E-state index contributed by atoms with van der Waals surface area (Å²) in [4.78, 5) is 26.5. The summed E-state index contributed by atoms with van der Waals surface area (Å²) in [5.74, 6) is 2.02. The molecule has 1 saturated heterocycles. The van der Waals surface area contributed by atoms with Crippen LogP contribution < -0.4 is 21.7 Å². The first-order chi connectivity index (χ1) is 14.4. The van der Waals surface area contributed by atoms with Crippen molar-refractivity contribution in [2.75, 3.05) is 29.1 Å². The third-order valence-electron chi connectivity index (χ3n) is 5.62. The summed E-state index contributed by atoms with van der Waals surface area (Å²) in [6.45, 7) is 4.93. The van der Waals surface area contributed by atoms with E-state index in [2.05, 4.69) is 34.1 Å². The van der Waals surface area contributed by atoms with E-state index in [0.29, 0.717) is 41.8 Å². The lowest BCUT2D eigenvalue weighted by molar-refractivity contribution is 0.181. The summed E-state index contributed by atoms with van der Waals surface area (Å²) in [5, 5.41) is 4.74. The van der Waals surface area contributed by atoms with E-state index in [0.717, 1.165) is 23.8 Å². The van der Waals surface area contributed by atoms with Gasteiger partial charge in [0.1, 0.15) is 29.9 Å². The number of amides is 1. The molecule has 0 spiro atoms. The van der Waals surface area contributed by atoms with Crippen molar-refractivity contribution in [3.8, 4) is 0 Å². The number of nitrogens with two attached hydrogens (primary N) is 2. The van der Waals surface area contributed by atoms with Crippen LogP contribution in [0.3, 0.4) is 0 Å². The van der Waals surface area contributed by atoms with Crippen molar-refractivity contribution in [2.45, 2.75) is 32.2 Å². The molecule has 0 saturated carbocycles. The molecule has 0 unspecified atom stereocenters. The summed E-state index contributed by atoms with van der Waals surface area (Å²) in [6, 6.07) is 7.54. The molecule has 0 aromatic carbocycles. The molecule has 30 heavy (non-hydrogen) atoms. The first kappa shape index (κ1) is 19.8. The van der Waals surface area contributed by atoms with Crippen LogP contribution in [0, 0.1) is 0 Å². The van der Waals surface area contributed by atoms with Crippen LogP contribution >= 0.6 is 0 Å². The molecule has 4 rings (SSSR count). The van der Waals surface area contributed by atoms with Gasteiger partial charge in [-0.1, -0.05) is 13.8 Å². The molecule has 156 valence electrons. The number of hydrogen-bond acceptors (Lipinski definition) is 8. The maximum atomic E-state index is 11.9. The Labute approximate surface area is 174 Å². The van der Waals surface area contributed by atoms with Gasteiger partial charge in [-0.05, 0) is 48.1 Å². The molecule has 1 aliphatic rings. The number of nitrogen functional groups attached to an aromatic ring is 1. The van der Waals surface area contributed by atoms with Crippen LogP contribution in [0.5, 0.6) is 0 Å². The van der Waals surface area contributed by atoms with Gasteiger partial charge in [0.25, 0.3) is 0 Å². The van der Waals surface area contributed by atoms with Crippen molar-refractivity contribution in [2.24, 2.45) is 5.73 Å². The monoisotopic (exact) mass is 407 g/mol. The molecule has 3 aromatic heterocycles. The first-order valence-corrected chi connectivity index (χ1v) is 9.96. The largest absolute Gasteiger partial charge is 0.447 e. The Bertz CT molecular complexity index is 1100. The number of fused-ring (bicyclic) bond motifs is 1. The lowest BCUT2D eigenvalue weighted by Gasteiger charge is -2.27. The number of cyclic esters (lactones) is 1. The standard InChI is InChI=1S/C21H25N7O2/c1-3-21(23,4-2)14-5-6-24-17(11-14)26-16-9-13-10-18(28-7-8-30-20(28)29)27-19(22)15(13)12-25-16/h5-6,9-12H,3-4,7-8,23H2,1-2H3,(H2,22,27)(H,24,25,26). The fourth-order valence-corrected chi connectivity index (χ4v) is 3.57. The Balaban J connectivity index is 1.66. The highest BCUT2D eigenvalue weighted by atomic mass is 16.6. The predicted octanol–water partition coefficient (Wildman–Crippen LogP) is 3.28. The fraction of sp³-hybridized carbons (Fsp3) is 0.333. The number of ether oxygens (including phenoxy) is 1. The lowest BCUT2D eigenvalue weighted by atomic mass is 9.86. The van der Waals surface area contributed by atoms with E-state index in [4.69, 9.17) is 16.2 Å². The molecule has 3 aromatic rings. The Morgan fingerprint density at radius 2 is 1.97 bits per heavy atom. The zero-order chi connectivity index (χ0) is 21.3. The number of nitrogens with zero attached hydrogens (tertiary/aromatic N) is 4. The molecule has 0 aliphatic carbocycles. The smallest absolute Gasteiger partial charge is 0.415 e. The first-order valence-electron chi connectivity index (χ1n) is 9.96. The average molecular weight is 407 g/mol. The molecule has 0 bridgehead atoms. The third kappa shape index (κ3) is 3.59. The van der Waals surface area contributed by atoms with Crippen LogP contribution in [-0.4, -0.2) is 34.2 Å². The second-order valence-electron chi connectivity index (χ2n) is 7.34. The zero-order valence-corrected chi connectivity index (χ0v) is 17.1. The van der Waals surface area contributed by atoms with E-state index in [-0.39, 0.29) is 0 Å². The lowest BCUT2D eigenvalue weighted by Crippen LogP contribution is -2.35. The van der Waals surface area contributed by atoms with Gasteiger partial charge in [0.05, 0.1) is 6.54 Å². The number of pyridine rings is 3. The van der Waals surface area contributed by atoms with E-state index >= 15 is 0 Å². The number of carbonyl (C=O) groups excluding carboxylic acids is 1. The number of hydrogen-bond donors (Lipinski definition) is 3. The molecule has 0 radical (unpaired) electrons. The summed E-state index contributed by atoms with van der Waals surface area (Å²) in [6.07, 6.45) is 4.63. The minimum atomic E-state index is -0.424. The van der Waals surface area contributed by atoms with Crippen molar-refractivity contribution in [3.63, 3.8) is 0 Å². The highest BCUT2D eigenvalue weighted by molar-refractivity contribution is 5.97. The Morgan fingerprint density at radius 1 is 1.20 bits per heavy atom. The Morgan fingerprint density at radius 3 is 2.67 bits per heavy atom. The van der Waals surface area contributed by atoms with Gasteiger partial charge in [-0.25, -0.2) is 19.7 Å². The summed E-state index contributed by atoms with van der Waals surface area (Å²) in [5.41, 5.74) is 13.2. The quantitative estimate of drug-likeness (QED) is 0.567. The molecule has 9 nitrogen and oxygen atoms in total. The van der Waals surface area contributed by atoms with Crippen LogP contribution in [0.2, 0.25) is 0 Å². The van der Waals surface area contributed by atoms with Gasteiger partial charge in [-0.2, -0.15) is 0 Å². The highest BCUT2D eigenvalue weighted by Crippen LogP contribution is 2.30. The van der Waals surface area contributed by atoms with Crippen LogP contribution in [0.15, 0.2) is 36.7 Å².